The summed E-state index contributed by atoms with van der Waals surface area (Å²) < 4.78 is 7.87. The number of carbonyl (C=O) groups is 1. The molecule has 9 heteroatoms. The van der Waals surface area contributed by atoms with Crippen molar-refractivity contribution in [1.29, 1.82) is 0 Å². The van der Waals surface area contributed by atoms with Crippen LogP contribution in [0.5, 0.6) is 0 Å². The molecule has 1 aromatic carbocycles. The van der Waals surface area contributed by atoms with E-state index in [9.17, 15) is 9.90 Å². The van der Waals surface area contributed by atoms with Gasteiger partial charge < -0.3 is 20.1 Å². The van der Waals surface area contributed by atoms with Gasteiger partial charge in [0.05, 0.1) is 36.6 Å². The van der Waals surface area contributed by atoms with E-state index in [1.54, 1.807) is 17.6 Å². The van der Waals surface area contributed by atoms with Crippen LogP contribution in [0.15, 0.2) is 53.3 Å². The molecule has 3 heterocycles. The fourth-order valence-corrected chi connectivity index (χ4v) is 3.96. The number of amides is 1. The Morgan fingerprint density at radius 3 is 2.97 bits per heavy atom. The highest BCUT2D eigenvalue weighted by atomic mass is 79.9. The molecule has 2 aromatic heterocycles. The molecule has 0 radical (unpaired) electrons. The molecule has 1 aliphatic heterocycles. The van der Waals surface area contributed by atoms with E-state index in [4.69, 9.17) is 11.3 Å². The standard InChI is InChI=1S/C21H20BrN5O3/c1-21(29)13-26(20(28)30-12-14-6-4-3-5-7-14)11-18(21)25-19-16(23-2)9-24-27-10-15(22)8-17(19)27/h3-10,18,25,29H,11-13H2,1H3/t18-,21-/m1/s1. The van der Waals surface area contributed by atoms with Gasteiger partial charge in [-0.15, -0.1) is 0 Å². The quantitative estimate of drug-likeness (QED) is 0.567. The van der Waals surface area contributed by atoms with Crippen LogP contribution in [0.2, 0.25) is 0 Å². The highest BCUT2D eigenvalue weighted by Gasteiger charge is 2.44. The average Bonchev–Trinajstić information content (AvgIpc) is 3.25. The number of aliphatic hydroxyl groups is 1. The van der Waals surface area contributed by atoms with Crippen LogP contribution in [0, 0.1) is 6.57 Å². The van der Waals surface area contributed by atoms with Gasteiger partial charge in [0.2, 0.25) is 5.69 Å². The summed E-state index contributed by atoms with van der Waals surface area (Å²) in [5, 5.41) is 18.4. The van der Waals surface area contributed by atoms with E-state index in [2.05, 4.69) is 31.2 Å². The van der Waals surface area contributed by atoms with E-state index in [0.29, 0.717) is 16.9 Å². The Labute approximate surface area is 182 Å². The lowest BCUT2D eigenvalue weighted by Gasteiger charge is -2.26. The third kappa shape index (κ3) is 3.97. The summed E-state index contributed by atoms with van der Waals surface area (Å²) in [4.78, 5) is 17.6. The second-order valence-corrected chi connectivity index (χ2v) is 8.40. The molecule has 0 unspecified atom stereocenters. The minimum absolute atomic E-state index is 0.123. The van der Waals surface area contributed by atoms with Crippen LogP contribution in [0.4, 0.5) is 16.2 Å². The Morgan fingerprint density at radius 2 is 2.23 bits per heavy atom. The highest BCUT2D eigenvalue weighted by Crippen LogP contribution is 2.34. The van der Waals surface area contributed by atoms with Crippen molar-refractivity contribution >= 4 is 38.9 Å². The zero-order valence-electron chi connectivity index (χ0n) is 16.2. The number of nitrogens with zero attached hydrogens (tertiary/aromatic N) is 4. The maximum absolute atomic E-state index is 12.5. The normalized spacial score (nSPS) is 20.9. The molecule has 154 valence electrons. The van der Waals surface area contributed by atoms with Gasteiger partial charge in [-0.25, -0.2) is 14.2 Å². The first-order valence-corrected chi connectivity index (χ1v) is 10.2. The van der Waals surface area contributed by atoms with Gasteiger partial charge in [-0.3, -0.25) is 0 Å². The van der Waals surface area contributed by atoms with Crippen LogP contribution < -0.4 is 5.32 Å². The fraction of sp³-hybridized carbons (Fsp3) is 0.286. The number of anilines is 1. The smallest absolute Gasteiger partial charge is 0.410 e. The Hall–Kier alpha value is -3.09. The molecule has 4 rings (SSSR count). The minimum atomic E-state index is -1.20. The Kier molecular flexibility index (Phi) is 5.37. The number of likely N-dealkylation sites (tertiary alicyclic amines) is 1. The zero-order valence-corrected chi connectivity index (χ0v) is 17.8. The number of fused-ring (bicyclic) bond motifs is 1. The van der Waals surface area contributed by atoms with Crippen LogP contribution in [-0.2, 0) is 11.3 Å². The van der Waals surface area contributed by atoms with Gasteiger partial charge in [0.15, 0.2) is 0 Å². The molecule has 0 spiro atoms. The second kappa shape index (κ2) is 7.97. The fourth-order valence-electron chi connectivity index (χ4n) is 3.55. The van der Waals surface area contributed by atoms with Gasteiger partial charge in [-0.05, 0) is 34.5 Å². The first kappa shape index (κ1) is 20.2. The first-order valence-electron chi connectivity index (χ1n) is 9.36. The molecule has 8 nitrogen and oxygen atoms in total. The number of carbonyl (C=O) groups excluding carboxylic acids is 1. The van der Waals surface area contributed by atoms with Crippen LogP contribution in [0.3, 0.4) is 0 Å². The molecule has 1 fully saturated rings. The van der Waals surface area contributed by atoms with Crippen molar-refractivity contribution in [2.45, 2.75) is 25.2 Å². The summed E-state index contributed by atoms with van der Waals surface area (Å²) in [6.45, 7) is 9.66. The highest BCUT2D eigenvalue weighted by molar-refractivity contribution is 9.10. The SMILES string of the molecule is [C-]#[N+]c1cnn2cc(Br)cc2c1N[C@@H]1CN(C(=O)OCc2ccccc2)C[C@@]1(C)O. The Balaban J connectivity index is 1.51. The van der Waals surface area contributed by atoms with E-state index < -0.39 is 17.7 Å². The van der Waals surface area contributed by atoms with Gasteiger partial charge in [0.25, 0.3) is 0 Å². The zero-order chi connectivity index (χ0) is 21.3. The first-order chi connectivity index (χ1) is 14.4. The molecule has 0 aliphatic carbocycles. The molecule has 0 saturated carbocycles. The maximum atomic E-state index is 12.5. The molecule has 2 atom stereocenters. The van der Waals surface area contributed by atoms with Gasteiger partial charge in [0.1, 0.15) is 12.2 Å². The van der Waals surface area contributed by atoms with Crippen molar-refractivity contribution in [3.63, 3.8) is 0 Å². The van der Waals surface area contributed by atoms with Gasteiger partial charge in [-0.2, -0.15) is 5.10 Å². The van der Waals surface area contributed by atoms with Crippen molar-refractivity contribution in [1.82, 2.24) is 14.5 Å². The Morgan fingerprint density at radius 1 is 1.47 bits per heavy atom. The van der Waals surface area contributed by atoms with Crippen molar-refractivity contribution in [2.75, 3.05) is 18.4 Å². The summed E-state index contributed by atoms with van der Waals surface area (Å²) in [5.41, 5.74) is 1.31. The average molecular weight is 470 g/mol. The summed E-state index contributed by atoms with van der Waals surface area (Å²) >= 11 is 3.42. The van der Waals surface area contributed by atoms with E-state index >= 15 is 0 Å². The van der Waals surface area contributed by atoms with Crippen LogP contribution in [0.1, 0.15) is 12.5 Å². The van der Waals surface area contributed by atoms with E-state index in [0.717, 1.165) is 10.0 Å². The topological polar surface area (TPSA) is 83.5 Å². The number of hydrogen-bond donors (Lipinski definition) is 2. The van der Waals surface area contributed by atoms with E-state index in [-0.39, 0.29) is 19.7 Å². The van der Waals surface area contributed by atoms with Crippen LogP contribution >= 0.6 is 15.9 Å². The third-order valence-electron chi connectivity index (χ3n) is 5.15. The predicted molar refractivity (Wildman–Crippen MR) is 115 cm³/mol. The molecule has 30 heavy (non-hydrogen) atoms. The third-order valence-corrected chi connectivity index (χ3v) is 5.58. The summed E-state index contributed by atoms with van der Waals surface area (Å²) in [7, 11) is 0. The van der Waals surface area contributed by atoms with E-state index in [1.807, 2.05) is 36.4 Å². The number of ether oxygens (including phenoxy) is 1. The molecule has 2 N–H and O–H groups in total. The molecule has 0 bridgehead atoms. The monoisotopic (exact) mass is 469 g/mol. The second-order valence-electron chi connectivity index (χ2n) is 7.48. The Bertz CT molecular complexity index is 1120. The molecular formula is C21H20BrN5O3. The molecule has 1 amide bonds. The number of hydrogen-bond acceptors (Lipinski definition) is 5. The van der Waals surface area contributed by atoms with Crippen LogP contribution in [0.25, 0.3) is 10.4 Å². The number of rotatable bonds is 4. The predicted octanol–water partition coefficient (Wildman–Crippen LogP) is 3.83. The number of halogens is 1. The van der Waals surface area contributed by atoms with Crippen molar-refractivity contribution in [3.8, 4) is 0 Å². The number of nitrogens with one attached hydrogen (secondary N) is 1. The van der Waals surface area contributed by atoms with Gasteiger partial charge in [-0.1, -0.05) is 30.3 Å². The van der Waals surface area contributed by atoms with Crippen molar-refractivity contribution in [2.24, 2.45) is 0 Å². The lowest BCUT2D eigenvalue weighted by molar-refractivity contribution is 0.0536. The summed E-state index contributed by atoms with van der Waals surface area (Å²) in [6, 6.07) is 10.8. The molecule has 3 aromatic rings. The van der Waals surface area contributed by atoms with Gasteiger partial charge in [0, 0.05) is 17.2 Å². The maximum Gasteiger partial charge on any atom is 0.410 e. The number of β-amino-alcohol motifs (C(OH)–C–C–N with tert-alkyl or cyclic N) is 1. The summed E-state index contributed by atoms with van der Waals surface area (Å²) in [5.74, 6) is 0. The molecular weight excluding hydrogens is 450 g/mol. The van der Waals surface area contributed by atoms with E-state index in [1.165, 1.54) is 11.1 Å². The largest absolute Gasteiger partial charge is 0.445 e. The number of benzene rings is 1. The number of aromatic nitrogens is 2. The molecule has 1 saturated heterocycles. The van der Waals surface area contributed by atoms with Crippen molar-refractivity contribution in [3.05, 3.63) is 70.2 Å². The minimum Gasteiger partial charge on any atom is -0.445 e. The van der Waals surface area contributed by atoms with Crippen molar-refractivity contribution < 1.29 is 14.6 Å². The summed E-state index contributed by atoms with van der Waals surface area (Å²) in [6.07, 6.45) is 2.78. The lowest BCUT2D eigenvalue weighted by atomic mass is 10.0. The van der Waals surface area contributed by atoms with Crippen LogP contribution in [-0.4, -0.2) is 50.4 Å². The molecule has 1 aliphatic rings. The lowest BCUT2D eigenvalue weighted by Crippen LogP contribution is -2.43. The van der Waals surface area contributed by atoms with Gasteiger partial charge >= 0.3 is 6.09 Å².